The van der Waals surface area contributed by atoms with Crippen molar-refractivity contribution in [2.75, 3.05) is 45.9 Å². The highest BCUT2D eigenvalue weighted by Gasteiger charge is 2.23. The Balaban J connectivity index is 0.00000392. The Morgan fingerprint density at radius 1 is 1.14 bits per heavy atom. The molecular weight excluding hydrogens is 463 g/mol. The van der Waals surface area contributed by atoms with Crippen molar-refractivity contribution < 1.29 is 4.74 Å². The van der Waals surface area contributed by atoms with Gasteiger partial charge in [-0.15, -0.1) is 24.0 Å². The highest BCUT2D eigenvalue weighted by molar-refractivity contribution is 14.0. The van der Waals surface area contributed by atoms with Gasteiger partial charge in [0, 0.05) is 26.2 Å². The lowest BCUT2D eigenvalue weighted by molar-refractivity contribution is 0.0263. The second-order valence-electron chi connectivity index (χ2n) is 6.98. The van der Waals surface area contributed by atoms with Crippen LogP contribution in [0.4, 0.5) is 0 Å². The van der Waals surface area contributed by atoms with Gasteiger partial charge in [0.25, 0.3) is 0 Å². The fourth-order valence-electron chi connectivity index (χ4n) is 3.84. The van der Waals surface area contributed by atoms with Gasteiger partial charge in [-0.05, 0) is 45.3 Å². The molecule has 1 aliphatic rings. The van der Waals surface area contributed by atoms with E-state index in [1.54, 1.807) is 0 Å². The van der Waals surface area contributed by atoms with Gasteiger partial charge in [-0.3, -0.25) is 9.89 Å². The number of likely N-dealkylation sites (tertiary alicyclic amines) is 1. The molecule has 0 spiro atoms. The van der Waals surface area contributed by atoms with Gasteiger partial charge in [-0.25, -0.2) is 0 Å². The van der Waals surface area contributed by atoms with E-state index in [-0.39, 0.29) is 24.0 Å². The number of piperidine rings is 1. The molecule has 1 unspecified atom stereocenters. The minimum absolute atomic E-state index is 0. The minimum atomic E-state index is 0. The maximum Gasteiger partial charge on any atom is 0.193 e. The number of guanidine groups is 1. The molecule has 1 N–H and O–H groups in total. The molecule has 2 rings (SSSR count). The van der Waals surface area contributed by atoms with Crippen molar-refractivity contribution in [3.8, 4) is 0 Å². The molecule has 0 saturated carbocycles. The Bertz CT molecular complexity index is 543. The number of ether oxygens (including phenoxy) is 1. The summed E-state index contributed by atoms with van der Waals surface area (Å²) in [5, 5.41) is 3.50. The van der Waals surface area contributed by atoms with E-state index < -0.39 is 0 Å². The molecule has 28 heavy (non-hydrogen) atoms. The highest BCUT2D eigenvalue weighted by atomic mass is 127. The SMILES string of the molecule is CCNC(=NCC(c1ccccc1)N(CC)CC)N1CCC(OCC)CC1.I. The number of nitrogens with one attached hydrogen (secondary N) is 1. The van der Waals surface area contributed by atoms with E-state index in [9.17, 15) is 0 Å². The quantitative estimate of drug-likeness (QED) is 0.313. The predicted molar refractivity (Wildman–Crippen MR) is 130 cm³/mol. The lowest BCUT2D eigenvalue weighted by Crippen LogP contribution is -2.47. The van der Waals surface area contributed by atoms with Gasteiger partial charge in [0.05, 0.1) is 18.7 Å². The number of hydrogen-bond donors (Lipinski definition) is 1. The van der Waals surface area contributed by atoms with E-state index in [4.69, 9.17) is 9.73 Å². The Morgan fingerprint density at radius 2 is 1.79 bits per heavy atom. The van der Waals surface area contributed by atoms with Gasteiger partial charge in [-0.2, -0.15) is 0 Å². The van der Waals surface area contributed by atoms with E-state index in [1.165, 1.54) is 5.56 Å². The molecule has 1 atom stereocenters. The van der Waals surface area contributed by atoms with Crippen LogP contribution in [-0.4, -0.2) is 67.7 Å². The third kappa shape index (κ3) is 7.52. The zero-order valence-electron chi connectivity index (χ0n) is 18.1. The first-order valence-corrected chi connectivity index (χ1v) is 10.7. The Hall–Kier alpha value is -0.860. The van der Waals surface area contributed by atoms with Crippen LogP contribution >= 0.6 is 24.0 Å². The van der Waals surface area contributed by atoms with Crippen molar-refractivity contribution in [1.82, 2.24) is 15.1 Å². The summed E-state index contributed by atoms with van der Waals surface area (Å²) in [6.07, 6.45) is 2.56. The van der Waals surface area contributed by atoms with Crippen LogP contribution in [-0.2, 0) is 4.74 Å². The molecule has 1 aromatic carbocycles. The van der Waals surface area contributed by atoms with Crippen molar-refractivity contribution in [3.05, 3.63) is 35.9 Å². The highest BCUT2D eigenvalue weighted by Crippen LogP contribution is 2.21. The number of hydrogen-bond acceptors (Lipinski definition) is 3. The van der Waals surface area contributed by atoms with Crippen LogP contribution in [0.2, 0.25) is 0 Å². The Kier molecular flexibility index (Phi) is 12.7. The van der Waals surface area contributed by atoms with Crippen LogP contribution in [0, 0.1) is 0 Å². The largest absolute Gasteiger partial charge is 0.378 e. The molecule has 1 heterocycles. The molecule has 0 amide bonds. The Labute approximate surface area is 188 Å². The minimum Gasteiger partial charge on any atom is -0.378 e. The summed E-state index contributed by atoms with van der Waals surface area (Å²) in [7, 11) is 0. The summed E-state index contributed by atoms with van der Waals surface area (Å²) in [5.41, 5.74) is 1.34. The van der Waals surface area contributed by atoms with Gasteiger partial charge in [0.2, 0.25) is 0 Å². The number of halogens is 1. The molecule has 6 heteroatoms. The molecule has 1 aliphatic heterocycles. The monoisotopic (exact) mass is 502 g/mol. The summed E-state index contributed by atoms with van der Waals surface area (Å²) in [5.74, 6) is 1.04. The molecule has 1 aromatic rings. The molecule has 0 bridgehead atoms. The van der Waals surface area contributed by atoms with E-state index in [0.717, 1.165) is 64.7 Å². The zero-order chi connectivity index (χ0) is 19.5. The smallest absolute Gasteiger partial charge is 0.193 e. The average Bonchev–Trinajstić information content (AvgIpc) is 2.72. The molecule has 0 aliphatic carbocycles. The molecule has 160 valence electrons. The van der Waals surface area contributed by atoms with Gasteiger partial charge >= 0.3 is 0 Å². The first-order valence-electron chi connectivity index (χ1n) is 10.7. The standard InChI is InChI=1S/C22H38N4O.HI/c1-5-23-22(26-16-14-20(15-17-26)27-8-4)24-18-21(25(6-2)7-3)19-12-10-9-11-13-19;/h9-13,20-21H,5-8,14-18H2,1-4H3,(H,23,24);1H. The second-order valence-corrected chi connectivity index (χ2v) is 6.98. The normalized spacial score (nSPS) is 16.8. The fraction of sp³-hybridized carbons (Fsp3) is 0.682. The van der Waals surface area contributed by atoms with Crippen molar-refractivity contribution in [1.29, 1.82) is 0 Å². The van der Waals surface area contributed by atoms with Crippen molar-refractivity contribution in [2.24, 2.45) is 4.99 Å². The summed E-state index contributed by atoms with van der Waals surface area (Å²) >= 11 is 0. The summed E-state index contributed by atoms with van der Waals surface area (Å²) < 4.78 is 5.79. The number of nitrogens with zero attached hydrogens (tertiary/aromatic N) is 3. The molecule has 1 saturated heterocycles. The van der Waals surface area contributed by atoms with Crippen molar-refractivity contribution >= 4 is 29.9 Å². The van der Waals surface area contributed by atoms with Crippen molar-refractivity contribution in [2.45, 2.75) is 52.7 Å². The number of likely N-dealkylation sites (N-methyl/N-ethyl adjacent to an activating group) is 1. The van der Waals surface area contributed by atoms with Gasteiger partial charge < -0.3 is 15.0 Å². The Morgan fingerprint density at radius 3 is 2.32 bits per heavy atom. The lowest BCUT2D eigenvalue weighted by Gasteiger charge is -2.35. The average molecular weight is 502 g/mol. The number of rotatable bonds is 9. The van der Waals surface area contributed by atoms with Gasteiger partial charge in [0.1, 0.15) is 0 Å². The van der Waals surface area contributed by atoms with Gasteiger partial charge in [-0.1, -0.05) is 44.2 Å². The van der Waals surface area contributed by atoms with E-state index in [2.05, 4.69) is 73.1 Å². The maximum absolute atomic E-state index is 5.79. The fourth-order valence-corrected chi connectivity index (χ4v) is 3.84. The first-order chi connectivity index (χ1) is 13.2. The van der Waals surface area contributed by atoms with E-state index >= 15 is 0 Å². The molecule has 0 radical (unpaired) electrons. The molecule has 5 nitrogen and oxygen atoms in total. The summed E-state index contributed by atoms with van der Waals surface area (Å²) in [6, 6.07) is 11.1. The maximum atomic E-state index is 5.79. The third-order valence-corrected chi connectivity index (χ3v) is 5.33. The van der Waals surface area contributed by atoms with Crippen LogP contribution in [0.15, 0.2) is 35.3 Å². The van der Waals surface area contributed by atoms with Gasteiger partial charge in [0.15, 0.2) is 5.96 Å². The predicted octanol–water partition coefficient (Wildman–Crippen LogP) is 4.15. The molecule has 0 aromatic heterocycles. The van der Waals surface area contributed by atoms with E-state index in [1.807, 2.05) is 0 Å². The van der Waals surface area contributed by atoms with Crippen LogP contribution in [0.25, 0.3) is 0 Å². The second kappa shape index (κ2) is 14.2. The van der Waals surface area contributed by atoms with Crippen molar-refractivity contribution in [3.63, 3.8) is 0 Å². The third-order valence-electron chi connectivity index (χ3n) is 5.33. The number of aliphatic imine (C=N–C) groups is 1. The van der Waals surface area contributed by atoms with Crippen LogP contribution in [0.3, 0.4) is 0 Å². The lowest BCUT2D eigenvalue weighted by atomic mass is 10.1. The van der Waals surface area contributed by atoms with Crippen LogP contribution < -0.4 is 5.32 Å². The van der Waals surface area contributed by atoms with Crippen LogP contribution in [0.5, 0.6) is 0 Å². The molecule has 1 fully saturated rings. The van der Waals surface area contributed by atoms with Crippen LogP contribution in [0.1, 0.15) is 52.1 Å². The first kappa shape index (κ1) is 25.2. The summed E-state index contributed by atoms with van der Waals surface area (Å²) in [4.78, 5) is 9.93. The number of benzene rings is 1. The zero-order valence-corrected chi connectivity index (χ0v) is 20.4. The molecular formula is C22H39IN4O. The van der Waals surface area contributed by atoms with E-state index in [0.29, 0.717) is 12.1 Å². The summed E-state index contributed by atoms with van der Waals surface area (Å²) in [6.45, 7) is 15.2. The topological polar surface area (TPSA) is 40.1 Å².